The normalized spacial score (nSPS) is 20.6. The standard InChI is InChI=1S/C50H63N7O8/c1-9-43(59)56-19-16-31(27-56)23-44(60)55(7)45(30(2)3)47(61)52-40-22-32-20-34(24-35(58)21-32)33-14-15-42-37(25-33)38(46(54(42)6)36-12-10-17-51-41(36)28-64-8)26-50(4,5)29-65-49(63)39-13-11-18-57(53-39)48(40)62/h9-10,12,14-15,17,20-21,24-25,30-31,39-40,45,53,58H,1,11,13,16,18-19,22-23,26-29H2,2-8H3,(H,52,61)/t31-,39+,40+,45?/m1/s1. The third kappa shape index (κ3) is 10.3. The lowest BCUT2D eigenvalue weighted by molar-refractivity contribution is -0.155. The number of nitrogens with one attached hydrogen (secondary N) is 2. The molecule has 2 aromatic carbocycles. The third-order valence-electron chi connectivity index (χ3n) is 13.0. The van der Waals surface area contributed by atoms with Crippen LogP contribution in [0.5, 0.6) is 5.75 Å². The Morgan fingerprint density at radius 3 is 2.63 bits per heavy atom. The number of pyridine rings is 1. The molecule has 4 aromatic rings. The predicted molar refractivity (Wildman–Crippen MR) is 247 cm³/mol. The number of hydrogen-bond donors (Lipinski definition) is 3. The molecule has 15 heteroatoms. The highest BCUT2D eigenvalue weighted by Gasteiger charge is 2.38. The second kappa shape index (κ2) is 19.6. The van der Waals surface area contributed by atoms with Crippen LogP contribution in [0.2, 0.25) is 0 Å². The van der Waals surface area contributed by atoms with Crippen LogP contribution in [0.4, 0.5) is 0 Å². The summed E-state index contributed by atoms with van der Waals surface area (Å²) in [6.07, 6.45) is 5.34. The highest BCUT2D eigenvalue weighted by molar-refractivity contribution is 5.96. The molecule has 65 heavy (non-hydrogen) atoms. The number of likely N-dealkylation sites (N-methyl/N-ethyl adjacent to an activating group) is 1. The minimum absolute atomic E-state index is 0.00254. The van der Waals surface area contributed by atoms with Crippen LogP contribution >= 0.6 is 0 Å². The summed E-state index contributed by atoms with van der Waals surface area (Å²) in [5.41, 5.74) is 9.43. The van der Waals surface area contributed by atoms with E-state index in [-0.39, 0.29) is 55.4 Å². The Morgan fingerprint density at radius 1 is 1.11 bits per heavy atom. The van der Waals surface area contributed by atoms with Gasteiger partial charge in [-0.3, -0.25) is 34.0 Å². The van der Waals surface area contributed by atoms with Gasteiger partial charge < -0.3 is 34.3 Å². The van der Waals surface area contributed by atoms with Crippen LogP contribution in [0, 0.1) is 17.3 Å². The number of aromatic nitrogens is 2. The molecule has 7 rings (SSSR count). The Kier molecular flexibility index (Phi) is 14.1. The molecule has 3 aliphatic rings. The minimum atomic E-state index is -1.15. The van der Waals surface area contributed by atoms with Crippen LogP contribution in [0.15, 0.2) is 67.4 Å². The second-order valence-electron chi connectivity index (χ2n) is 19.0. The first-order valence-electron chi connectivity index (χ1n) is 22.6. The van der Waals surface area contributed by atoms with E-state index in [1.165, 1.54) is 16.0 Å². The number of aryl methyl sites for hydroxylation is 1. The number of aromatic hydroxyl groups is 1. The lowest BCUT2D eigenvalue weighted by Crippen LogP contribution is -2.62. The van der Waals surface area contributed by atoms with Crippen LogP contribution in [-0.2, 0) is 59.9 Å². The Labute approximate surface area is 381 Å². The number of carbonyl (C=O) groups excluding carboxylic acids is 5. The first-order valence-corrected chi connectivity index (χ1v) is 22.6. The van der Waals surface area contributed by atoms with Gasteiger partial charge in [-0.1, -0.05) is 46.4 Å². The van der Waals surface area contributed by atoms with Crippen molar-refractivity contribution >= 4 is 40.5 Å². The summed E-state index contributed by atoms with van der Waals surface area (Å²) in [7, 11) is 5.27. The van der Waals surface area contributed by atoms with Gasteiger partial charge >= 0.3 is 5.97 Å². The third-order valence-corrected chi connectivity index (χ3v) is 13.0. The molecule has 1 unspecified atom stereocenters. The number of nitrogens with zero attached hydrogens (tertiary/aromatic N) is 5. The van der Waals surface area contributed by atoms with Crippen molar-refractivity contribution < 1.29 is 38.6 Å². The molecule has 0 radical (unpaired) electrons. The van der Waals surface area contributed by atoms with Gasteiger partial charge in [-0.2, -0.15) is 0 Å². The summed E-state index contributed by atoms with van der Waals surface area (Å²) in [6, 6.07) is 12.4. The van der Waals surface area contributed by atoms with Crippen LogP contribution < -0.4 is 10.7 Å². The van der Waals surface area contributed by atoms with Crippen molar-refractivity contribution in [2.24, 2.45) is 24.3 Å². The quantitative estimate of drug-likeness (QED) is 0.140. The molecular weight excluding hydrogens is 827 g/mol. The SMILES string of the molecule is C=CC(=O)N1CC[C@H](CC(=O)N(C)C(C(=O)N[C@H]2Cc3cc(O)cc(c3)-c3ccc4c(c3)c(c(-c3cccnc3COC)n4C)CC(C)(C)COC(=O)[C@@H]3CCCN(N3)C2=O)C(C)C)C1. The van der Waals surface area contributed by atoms with Crippen LogP contribution in [-0.4, -0.2) is 118 Å². The summed E-state index contributed by atoms with van der Waals surface area (Å²) in [5, 5.41) is 16.6. The van der Waals surface area contributed by atoms with E-state index in [0.29, 0.717) is 56.5 Å². The van der Waals surface area contributed by atoms with E-state index in [1.807, 2.05) is 45.2 Å². The number of hydrazine groups is 1. The number of cyclic esters (lactones) is 1. The molecule has 0 aliphatic carbocycles. The zero-order chi connectivity index (χ0) is 46.7. The van der Waals surface area contributed by atoms with Gasteiger partial charge in [0.1, 0.15) is 23.9 Å². The number of benzene rings is 2. The summed E-state index contributed by atoms with van der Waals surface area (Å²) < 4.78 is 13.8. The average Bonchev–Trinajstić information content (AvgIpc) is 3.85. The van der Waals surface area contributed by atoms with Gasteiger partial charge in [-0.05, 0) is 102 Å². The Balaban J connectivity index is 1.27. The van der Waals surface area contributed by atoms with E-state index in [1.54, 1.807) is 37.4 Å². The molecule has 15 nitrogen and oxygen atoms in total. The summed E-state index contributed by atoms with van der Waals surface area (Å²) in [6.45, 7) is 13.1. The van der Waals surface area contributed by atoms with Gasteiger partial charge in [0.15, 0.2) is 0 Å². The highest BCUT2D eigenvalue weighted by Crippen LogP contribution is 2.41. The van der Waals surface area contributed by atoms with Gasteiger partial charge in [-0.25, -0.2) is 5.43 Å². The zero-order valence-electron chi connectivity index (χ0n) is 38.7. The molecule has 6 bridgehead atoms. The second-order valence-corrected chi connectivity index (χ2v) is 19.0. The molecule has 5 heterocycles. The van der Waals surface area contributed by atoms with Gasteiger partial charge in [-0.15, -0.1) is 0 Å². The summed E-state index contributed by atoms with van der Waals surface area (Å²) in [4.78, 5) is 76.7. The van der Waals surface area contributed by atoms with Crippen LogP contribution in [0.1, 0.15) is 70.2 Å². The van der Waals surface area contributed by atoms with E-state index < -0.39 is 41.3 Å². The fourth-order valence-electron chi connectivity index (χ4n) is 9.78. The number of amides is 4. The Hall–Kier alpha value is -6.06. The van der Waals surface area contributed by atoms with Crippen molar-refractivity contribution in [1.82, 2.24) is 35.1 Å². The van der Waals surface area contributed by atoms with E-state index in [4.69, 9.17) is 9.47 Å². The van der Waals surface area contributed by atoms with Gasteiger partial charge in [0.2, 0.25) is 17.7 Å². The van der Waals surface area contributed by atoms with Crippen LogP contribution in [0.3, 0.4) is 0 Å². The molecular formula is C50H63N7O8. The molecule has 4 atom stereocenters. The van der Waals surface area contributed by atoms with Crippen molar-refractivity contribution in [3.63, 3.8) is 0 Å². The maximum Gasteiger partial charge on any atom is 0.324 e. The van der Waals surface area contributed by atoms with Crippen molar-refractivity contribution in [3.05, 3.63) is 84.2 Å². The molecule has 2 fully saturated rings. The number of phenols is 1. The largest absolute Gasteiger partial charge is 0.508 e. The average molecular weight is 890 g/mol. The van der Waals surface area contributed by atoms with E-state index in [9.17, 15) is 29.1 Å². The highest BCUT2D eigenvalue weighted by atomic mass is 16.5. The van der Waals surface area contributed by atoms with Gasteiger partial charge in [0.05, 0.1) is 24.6 Å². The van der Waals surface area contributed by atoms with Gasteiger partial charge in [0.25, 0.3) is 5.91 Å². The summed E-state index contributed by atoms with van der Waals surface area (Å²) in [5.74, 6) is -2.28. The molecule has 3 aliphatic heterocycles. The van der Waals surface area contributed by atoms with Crippen molar-refractivity contribution in [2.75, 3.05) is 40.4 Å². The number of rotatable bonds is 10. The molecule has 0 spiro atoms. The predicted octanol–water partition coefficient (Wildman–Crippen LogP) is 5.32. The number of likely N-dealkylation sites (tertiary alicyclic amines) is 1. The smallest absolute Gasteiger partial charge is 0.324 e. The maximum atomic E-state index is 14.7. The van der Waals surface area contributed by atoms with Gasteiger partial charge in [0, 0.05) is 81.8 Å². The van der Waals surface area contributed by atoms with E-state index in [0.717, 1.165) is 39.0 Å². The fraction of sp³-hybridized carbons (Fsp3) is 0.480. The topological polar surface area (TPSA) is 176 Å². The number of ether oxygens (including phenoxy) is 2. The monoisotopic (exact) mass is 889 g/mol. The van der Waals surface area contributed by atoms with Crippen molar-refractivity contribution in [1.29, 1.82) is 0 Å². The summed E-state index contributed by atoms with van der Waals surface area (Å²) >= 11 is 0. The number of hydrogen-bond acceptors (Lipinski definition) is 10. The Bertz CT molecular complexity index is 2480. The Morgan fingerprint density at radius 2 is 1.89 bits per heavy atom. The minimum Gasteiger partial charge on any atom is -0.508 e. The molecule has 346 valence electrons. The van der Waals surface area contributed by atoms with Crippen molar-refractivity contribution in [3.8, 4) is 28.1 Å². The molecule has 0 saturated carbocycles. The first-order chi connectivity index (χ1) is 31.0. The number of esters is 1. The van der Waals surface area contributed by atoms with E-state index in [2.05, 4.69) is 52.9 Å². The maximum absolute atomic E-state index is 14.7. The first kappa shape index (κ1) is 46.9. The molecule has 2 saturated heterocycles. The molecule has 4 amide bonds. The molecule has 3 N–H and O–H groups in total. The lowest BCUT2D eigenvalue weighted by atomic mass is 9.84. The van der Waals surface area contributed by atoms with Crippen molar-refractivity contribution in [2.45, 2.75) is 91.0 Å². The number of phenolic OH excluding ortho intramolecular Hbond substituents is 1. The lowest BCUT2D eigenvalue weighted by Gasteiger charge is -2.37. The van der Waals surface area contributed by atoms with E-state index >= 15 is 0 Å². The number of methoxy groups -OCH3 is 1. The van der Waals surface area contributed by atoms with Crippen LogP contribution in [0.25, 0.3) is 33.3 Å². The zero-order valence-corrected chi connectivity index (χ0v) is 38.7. The number of carbonyl (C=O) groups is 5. The number of fused-ring (bicyclic) bond motifs is 6. The fourth-order valence-corrected chi connectivity index (χ4v) is 9.78. The molecule has 2 aromatic heterocycles.